The monoisotopic (exact) mass is 259 g/mol. The normalized spacial score (nSPS) is 11.3. The molecular weight excluding hydrogens is 246 g/mol. The number of aromatic nitrogens is 2. The lowest BCUT2D eigenvalue weighted by Crippen LogP contribution is -2.49. The van der Waals surface area contributed by atoms with Gasteiger partial charge in [0.2, 0.25) is 0 Å². The number of para-hydroxylation sites is 1. The van der Waals surface area contributed by atoms with Crippen LogP contribution in [0.15, 0.2) is 30.6 Å². The van der Waals surface area contributed by atoms with Gasteiger partial charge in [0, 0.05) is 12.4 Å². The quantitative estimate of drug-likeness (QED) is 0.864. The van der Waals surface area contributed by atoms with Gasteiger partial charge in [-0.15, -0.1) is 0 Å². The van der Waals surface area contributed by atoms with Gasteiger partial charge in [-0.25, -0.2) is 4.79 Å². The van der Waals surface area contributed by atoms with Crippen LogP contribution in [0.3, 0.4) is 0 Å². The first-order valence-electron chi connectivity index (χ1n) is 5.67. The van der Waals surface area contributed by atoms with E-state index in [0.717, 1.165) is 0 Å². The van der Waals surface area contributed by atoms with E-state index in [4.69, 9.17) is 5.11 Å². The summed E-state index contributed by atoms with van der Waals surface area (Å²) < 4.78 is 0. The second-order valence-electron chi connectivity index (χ2n) is 4.61. The molecule has 19 heavy (non-hydrogen) atoms. The minimum absolute atomic E-state index is 0.305. The molecule has 0 saturated heterocycles. The molecule has 0 fully saturated rings. The molecule has 0 saturated carbocycles. The number of benzene rings is 1. The number of carbonyl (C=O) groups excluding carboxylic acids is 1. The summed E-state index contributed by atoms with van der Waals surface area (Å²) in [5, 5.41) is 11.5. The average Bonchev–Trinajstić information content (AvgIpc) is 2.37. The molecule has 1 amide bonds. The largest absolute Gasteiger partial charge is 0.480 e. The van der Waals surface area contributed by atoms with Gasteiger partial charge in [0.15, 0.2) is 0 Å². The number of amides is 1. The summed E-state index contributed by atoms with van der Waals surface area (Å²) in [4.78, 5) is 31.3. The highest BCUT2D eigenvalue weighted by molar-refractivity contribution is 6.06. The Labute approximate surface area is 109 Å². The second-order valence-corrected chi connectivity index (χ2v) is 4.61. The number of carbonyl (C=O) groups is 2. The third kappa shape index (κ3) is 2.52. The maximum absolute atomic E-state index is 12.1. The Hall–Kier alpha value is -2.50. The summed E-state index contributed by atoms with van der Waals surface area (Å²) in [6.45, 7) is 2.84. The smallest absolute Gasteiger partial charge is 0.328 e. The maximum Gasteiger partial charge on any atom is 0.328 e. The van der Waals surface area contributed by atoms with Crippen molar-refractivity contribution < 1.29 is 14.7 Å². The predicted octanol–water partition coefficient (Wildman–Crippen LogP) is 1.22. The van der Waals surface area contributed by atoms with Crippen molar-refractivity contribution in [3.05, 3.63) is 36.2 Å². The van der Waals surface area contributed by atoms with Crippen molar-refractivity contribution in [2.75, 3.05) is 0 Å². The van der Waals surface area contributed by atoms with E-state index in [2.05, 4.69) is 15.3 Å². The van der Waals surface area contributed by atoms with Crippen LogP contribution in [-0.2, 0) is 4.79 Å². The first-order valence-corrected chi connectivity index (χ1v) is 5.67. The molecule has 0 aliphatic carbocycles. The number of fused-ring (bicyclic) bond motifs is 1. The topological polar surface area (TPSA) is 92.2 Å². The molecule has 0 spiro atoms. The molecule has 0 radical (unpaired) electrons. The first kappa shape index (κ1) is 12.9. The predicted molar refractivity (Wildman–Crippen MR) is 68.7 cm³/mol. The summed E-state index contributed by atoms with van der Waals surface area (Å²) in [5.74, 6) is -1.59. The lowest BCUT2D eigenvalue weighted by Gasteiger charge is -2.21. The molecule has 1 aromatic carbocycles. The number of hydrogen-bond acceptors (Lipinski definition) is 4. The highest BCUT2D eigenvalue weighted by atomic mass is 16.4. The molecule has 0 aliphatic rings. The maximum atomic E-state index is 12.1. The Kier molecular flexibility index (Phi) is 3.16. The van der Waals surface area contributed by atoms with Crippen molar-refractivity contribution >= 4 is 22.9 Å². The Bertz CT molecular complexity index is 647. The van der Waals surface area contributed by atoms with Crippen molar-refractivity contribution in [3.8, 4) is 0 Å². The van der Waals surface area contributed by atoms with Crippen molar-refractivity contribution in [1.29, 1.82) is 0 Å². The van der Waals surface area contributed by atoms with E-state index in [0.29, 0.717) is 16.6 Å². The number of nitrogens with one attached hydrogen (secondary N) is 1. The molecule has 2 N–H and O–H groups in total. The van der Waals surface area contributed by atoms with Gasteiger partial charge in [0.1, 0.15) is 11.1 Å². The Morgan fingerprint density at radius 2 is 1.89 bits per heavy atom. The molecule has 0 atom stereocenters. The zero-order valence-corrected chi connectivity index (χ0v) is 10.5. The zero-order chi connectivity index (χ0) is 14.0. The molecule has 1 aromatic heterocycles. The number of rotatable bonds is 3. The number of hydrogen-bond donors (Lipinski definition) is 2. The summed E-state index contributed by atoms with van der Waals surface area (Å²) in [5.41, 5.74) is -0.00606. The van der Waals surface area contributed by atoms with E-state index in [-0.39, 0.29) is 0 Å². The van der Waals surface area contributed by atoms with Crippen LogP contribution < -0.4 is 5.32 Å². The Morgan fingerprint density at radius 1 is 1.21 bits per heavy atom. The van der Waals surface area contributed by atoms with E-state index in [9.17, 15) is 9.59 Å². The van der Waals surface area contributed by atoms with Gasteiger partial charge in [-0.2, -0.15) is 0 Å². The van der Waals surface area contributed by atoms with Gasteiger partial charge in [0.25, 0.3) is 5.91 Å². The number of carboxylic acids is 1. The summed E-state index contributed by atoms with van der Waals surface area (Å²) in [6.07, 6.45) is 3.02. The molecule has 0 aliphatic heterocycles. The van der Waals surface area contributed by atoms with Crippen LogP contribution in [0.25, 0.3) is 11.0 Å². The first-order chi connectivity index (χ1) is 8.92. The molecule has 2 rings (SSSR count). The van der Waals surface area contributed by atoms with Crippen LogP contribution in [0.5, 0.6) is 0 Å². The fourth-order valence-corrected chi connectivity index (χ4v) is 1.58. The zero-order valence-electron chi connectivity index (χ0n) is 10.5. The number of aliphatic carboxylic acids is 1. The molecule has 0 unspecified atom stereocenters. The van der Waals surface area contributed by atoms with Crippen molar-refractivity contribution in [2.24, 2.45) is 0 Å². The Balaban J connectivity index is 2.40. The van der Waals surface area contributed by atoms with E-state index in [1.165, 1.54) is 26.2 Å². The lowest BCUT2D eigenvalue weighted by atomic mass is 10.0. The standard InChI is InChI=1S/C13H13N3O3/c1-13(2,12(18)19)16-11(17)8-4-3-5-9-10(8)15-7-6-14-9/h3-7H,1-2H3,(H,16,17)(H,18,19). The van der Waals surface area contributed by atoms with Crippen LogP contribution in [-0.4, -0.2) is 32.5 Å². The molecular formula is C13H13N3O3. The fourth-order valence-electron chi connectivity index (χ4n) is 1.58. The van der Waals surface area contributed by atoms with Gasteiger partial charge >= 0.3 is 5.97 Å². The van der Waals surface area contributed by atoms with Crippen LogP contribution in [0.1, 0.15) is 24.2 Å². The number of carboxylic acid groups (broad SMARTS) is 1. The van der Waals surface area contributed by atoms with Gasteiger partial charge < -0.3 is 10.4 Å². The van der Waals surface area contributed by atoms with Gasteiger partial charge in [-0.1, -0.05) is 6.07 Å². The van der Waals surface area contributed by atoms with E-state index >= 15 is 0 Å². The molecule has 6 heteroatoms. The summed E-state index contributed by atoms with van der Waals surface area (Å²) in [6, 6.07) is 5.01. The van der Waals surface area contributed by atoms with Gasteiger partial charge in [-0.05, 0) is 26.0 Å². The molecule has 98 valence electrons. The van der Waals surface area contributed by atoms with E-state index in [1.54, 1.807) is 18.2 Å². The molecule has 1 heterocycles. The van der Waals surface area contributed by atoms with Crippen molar-refractivity contribution in [1.82, 2.24) is 15.3 Å². The van der Waals surface area contributed by atoms with E-state index < -0.39 is 17.4 Å². The number of nitrogens with zero attached hydrogens (tertiary/aromatic N) is 2. The minimum atomic E-state index is -1.35. The minimum Gasteiger partial charge on any atom is -0.480 e. The van der Waals surface area contributed by atoms with Crippen molar-refractivity contribution in [2.45, 2.75) is 19.4 Å². The molecule has 2 aromatic rings. The van der Waals surface area contributed by atoms with Crippen LogP contribution in [0.4, 0.5) is 0 Å². The molecule has 0 bridgehead atoms. The fraction of sp³-hybridized carbons (Fsp3) is 0.231. The Morgan fingerprint density at radius 3 is 2.58 bits per heavy atom. The van der Waals surface area contributed by atoms with Gasteiger partial charge in [-0.3, -0.25) is 14.8 Å². The summed E-state index contributed by atoms with van der Waals surface area (Å²) in [7, 11) is 0. The highest BCUT2D eigenvalue weighted by Crippen LogP contribution is 2.15. The average molecular weight is 259 g/mol. The SMILES string of the molecule is CC(C)(NC(=O)c1cccc2nccnc12)C(=O)O. The second kappa shape index (κ2) is 4.64. The molecule has 6 nitrogen and oxygen atoms in total. The lowest BCUT2D eigenvalue weighted by molar-refractivity contribution is -0.143. The van der Waals surface area contributed by atoms with Crippen LogP contribution in [0.2, 0.25) is 0 Å². The van der Waals surface area contributed by atoms with Crippen LogP contribution >= 0.6 is 0 Å². The third-order valence-electron chi connectivity index (χ3n) is 2.70. The third-order valence-corrected chi connectivity index (χ3v) is 2.70. The van der Waals surface area contributed by atoms with Crippen LogP contribution in [0, 0.1) is 0 Å². The van der Waals surface area contributed by atoms with E-state index in [1.807, 2.05) is 0 Å². The summed E-state index contributed by atoms with van der Waals surface area (Å²) >= 11 is 0. The van der Waals surface area contributed by atoms with Crippen molar-refractivity contribution in [3.63, 3.8) is 0 Å². The van der Waals surface area contributed by atoms with Gasteiger partial charge in [0.05, 0.1) is 11.1 Å². The highest BCUT2D eigenvalue weighted by Gasteiger charge is 2.29.